The zero-order valence-electron chi connectivity index (χ0n) is 14.4. The third kappa shape index (κ3) is 4.02. The molecule has 0 aliphatic carbocycles. The number of nitrogens with two attached hydrogens (primary N) is 1. The number of hydrogen-bond acceptors (Lipinski definition) is 7. The summed E-state index contributed by atoms with van der Waals surface area (Å²) in [5.41, 5.74) is 5.42. The number of rotatable bonds is 3. The quantitative estimate of drug-likeness (QED) is 0.522. The first-order valence-electron chi connectivity index (χ1n) is 8.08. The van der Waals surface area contributed by atoms with Crippen molar-refractivity contribution >= 4 is 17.4 Å². The van der Waals surface area contributed by atoms with E-state index in [0.29, 0.717) is 16.1 Å². The second-order valence-electron chi connectivity index (χ2n) is 5.86. The van der Waals surface area contributed by atoms with Crippen molar-refractivity contribution in [1.29, 1.82) is 0 Å². The van der Waals surface area contributed by atoms with Gasteiger partial charge in [0.05, 0.1) is 5.69 Å². The molecule has 3 aromatic heterocycles. The van der Waals surface area contributed by atoms with Gasteiger partial charge in [-0.3, -0.25) is 0 Å². The smallest absolute Gasteiger partial charge is 0.384 e. The molecule has 2 N–H and O–H groups in total. The summed E-state index contributed by atoms with van der Waals surface area (Å²) < 4.78 is 45.2. The summed E-state index contributed by atoms with van der Waals surface area (Å²) in [6.45, 7) is 0. The van der Waals surface area contributed by atoms with Crippen LogP contribution in [0.3, 0.4) is 0 Å². The van der Waals surface area contributed by atoms with Gasteiger partial charge < -0.3 is 10.3 Å². The van der Waals surface area contributed by atoms with Crippen molar-refractivity contribution in [3.8, 4) is 34.4 Å². The van der Waals surface area contributed by atoms with Gasteiger partial charge >= 0.3 is 6.18 Å². The molecular weight excluding hydrogens is 409 g/mol. The Bertz CT molecular complexity index is 1180. The Morgan fingerprint density at radius 2 is 1.66 bits per heavy atom. The van der Waals surface area contributed by atoms with Crippen LogP contribution in [-0.4, -0.2) is 25.1 Å². The number of halogens is 4. The lowest BCUT2D eigenvalue weighted by molar-refractivity contribution is -0.141. The molecule has 1 aromatic carbocycles. The summed E-state index contributed by atoms with van der Waals surface area (Å²) in [7, 11) is 0. The largest absolute Gasteiger partial charge is 0.433 e. The summed E-state index contributed by atoms with van der Waals surface area (Å²) in [4.78, 5) is 15.6. The second kappa shape index (κ2) is 7.13. The highest BCUT2D eigenvalue weighted by Crippen LogP contribution is 2.32. The van der Waals surface area contributed by atoms with Crippen molar-refractivity contribution in [3.05, 3.63) is 59.4 Å². The van der Waals surface area contributed by atoms with E-state index in [-0.39, 0.29) is 29.1 Å². The lowest BCUT2D eigenvalue weighted by Crippen LogP contribution is -2.10. The normalized spacial score (nSPS) is 11.6. The Hall–Kier alpha value is -3.53. The number of pyridine rings is 1. The number of alkyl halides is 3. The van der Waals surface area contributed by atoms with E-state index in [1.807, 2.05) is 0 Å². The monoisotopic (exact) mass is 418 g/mol. The molecule has 0 spiro atoms. The van der Waals surface area contributed by atoms with E-state index >= 15 is 0 Å². The molecule has 0 saturated heterocycles. The summed E-state index contributed by atoms with van der Waals surface area (Å²) in [5.74, 6) is -0.278. The minimum Gasteiger partial charge on any atom is -0.384 e. The molecule has 0 fully saturated rings. The maximum Gasteiger partial charge on any atom is 0.433 e. The first kappa shape index (κ1) is 18.8. The predicted octanol–water partition coefficient (Wildman–Crippen LogP) is 4.51. The maximum atomic E-state index is 13.4. The fraction of sp³-hybridized carbons (Fsp3) is 0.0556. The van der Waals surface area contributed by atoms with Crippen LogP contribution in [0.2, 0.25) is 5.02 Å². The third-order valence-corrected chi connectivity index (χ3v) is 4.07. The van der Waals surface area contributed by atoms with Gasteiger partial charge in [0.2, 0.25) is 11.6 Å². The number of nitrogens with zero attached hydrogens (tertiary/aromatic N) is 5. The summed E-state index contributed by atoms with van der Waals surface area (Å²) in [5, 5.41) is 4.20. The Morgan fingerprint density at radius 1 is 0.897 bits per heavy atom. The number of nitrogen functional groups attached to an aromatic ring is 1. The Morgan fingerprint density at radius 3 is 2.34 bits per heavy atom. The molecule has 11 heteroatoms. The van der Waals surface area contributed by atoms with Crippen molar-refractivity contribution in [3.63, 3.8) is 0 Å². The van der Waals surface area contributed by atoms with Crippen LogP contribution >= 0.6 is 11.6 Å². The average molecular weight is 419 g/mol. The molecule has 0 saturated carbocycles. The van der Waals surface area contributed by atoms with Gasteiger partial charge in [0.1, 0.15) is 11.5 Å². The van der Waals surface area contributed by atoms with Crippen molar-refractivity contribution < 1.29 is 17.7 Å². The van der Waals surface area contributed by atoms with Crippen LogP contribution in [-0.2, 0) is 6.18 Å². The SMILES string of the molecule is Nc1cc(-c2noc(-c3nc(-c4ccc(Cl)cc4)cc(C(F)(F)F)n3)n2)ccn1. The number of aromatic nitrogens is 5. The highest BCUT2D eigenvalue weighted by molar-refractivity contribution is 6.30. The first-order valence-corrected chi connectivity index (χ1v) is 8.45. The molecule has 0 radical (unpaired) electrons. The van der Waals surface area contributed by atoms with Crippen LogP contribution in [0.1, 0.15) is 5.69 Å². The van der Waals surface area contributed by atoms with E-state index in [9.17, 15) is 13.2 Å². The molecule has 0 aliphatic rings. The molecule has 0 unspecified atom stereocenters. The molecule has 0 aliphatic heterocycles. The Labute approximate surface area is 166 Å². The lowest BCUT2D eigenvalue weighted by Gasteiger charge is -2.09. The standard InChI is InChI=1S/C18H10ClF3N6O/c19-11-3-1-9(2-4-11)12-8-13(18(20,21)22)26-16(25-12)17-27-15(28-29-17)10-5-6-24-14(23)7-10/h1-8H,(H2,23,24). The minimum absolute atomic E-state index is 0.0342. The maximum absolute atomic E-state index is 13.4. The van der Waals surface area contributed by atoms with Crippen molar-refractivity contribution in [1.82, 2.24) is 25.1 Å². The van der Waals surface area contributed by atoms with Gasteiger partial charge in [-0.2, -0.15) is 18.2 Å². The van der Waals surface area contributed by atoms with Crippen LogP contribution in [0.5, 0.6) is 0 Å². The third-order valence-electron chi connectivity index (χ3n) is 3.81. The molecule has 0 atom stereocenters. The molecule has 4 aromatic rings. The fourth-order valence-electron chi connectivity index (χ4n) is 2.48. The minimum atomic E-state index is -4.69. The van der Waals surface area contributed by atoms with Gasteiger partial charge in [-0.1, -0.05) is 28.9 Å². The van der Waals surface area contributed by atoms with Crippen molar-refractivity contribution in [2.45, 2.75) is 6.18 Å². The average Bonchev–Trinajstić information content (AvgIpc) is 3.18. The second-order valence-corrected chi connectivity index (χ2v) is 6.30. The first-order chi connectivity index (χ1) is 13.8. The van der Waals surface area contributed by atoms with Gasteiger partial charge in [-0.15, -0.1) is 0 Å². The molecular formula is C18H10ClF3N6O. The van der Waals surface area contributed by atoms with E-state index in [4.69, 9.17) is 21.9 Å². The van der Waals surface area contributed by atoms with E-state index in [1.165, 1.54) is 12.3 Å². The molecule has 146 valence electrons. The number of hydrogen-bond donors (Lipinski definition) is 1. The van der Waals surface area contributed by atoms with Crippen LogP contribution in [0, 0.1) is 0 Å². The van der Waals surface area contributed by atoms with Crippen LogP contribution in [0.15, 0.2) is 53.2 Å². The topological polar surface area (TPSA) is 104 Å². The molecule has 4 rings (SSSR count). The number of anilines is 1. The molecule has 29 heavy (non-hydrogen) atoms. The molecule has 3 heterocycles. The Kier molecular flexibility index (Phi) is 4.63. The van der Waals surface area contributed by atoms with E-state index in [1.54, 1.807) is 30.3 Å². The zero-order chi connectivity index (χ0) is 20.6. The fourth-order valence-corrected chi connectivity index (χ4v) is 2.60. The van der Waals surface area contributed by atoms with Crippen LogP contribution in [0.4, 0.5) is 19.0 Å². The predicted molar refractivity (Wildman–Crippen MR) is 98.4 cm³/mol. The van der Waals surface area contributed by atoms with Gasteiger partial charge in [-0.25, -0.2) is 15.0 Å². The molecule has 0 amide bonds. The number of benzene rings is 1. The highest BCUT2D eigenvalue weighted by atomic mass is 35.5. The zero-order valence-corrected chi connectivity index (χ0v) is 15.1. The Balaban J connectivity index is 1.81. The van der Waals surface area contributed by atoms with Gasteiger partial charge in [0.15, 0.2) is 0 Å². The molecule has 7 nitrogen and oxygen atoms in total. The van der Waals surface area contributed by atoms with Gasteiger partial charge in [0.25, 0.3) is 5.89 Å². The van der Waals surface area contributed by atoms with Crippen LogP contribution < -0.4 is 5.73 Å². The van der Waals surface area contributed by atoms with Crippen molar-refractivity contribution in [2.24, 2.45) is 0 Å². The van der Waals surface area contributed by atoms with Gasteiger partial charge in [-0.05, 0) is 30.3 Å². The van der Waals surface area contributed by atoms with Gasteiger partial charge in [0, 0.05) is 22.3 Å². The van der Waals surface area contributed by atoms with Crippen molar-refractivity contribution in [2.75, 3.05) is 5.73 Å². The van der Waals surface area contributed by atoms with E-state index in [0.717, 1.165) is 6.07 Å². The summed E-state index contributed by atoms with van der Waals surface area (Å²) in [6.07, 6.45) is -3.25. The lowest BCUT2D eigenvalue weighted by atomic mass is 10.1. The van der Waals surface area contributed by atoms with E-state index in [2.05, 4.69) is 25.1 Å². The summed E-state index contributed by atoms with van der Waals surface area (Å²) in [6, 6.07) is 10.1. The molecule has 0 bridgehead atoms. The van der Waals surface area contributed by atoms with Crippen LogP contribution in [0.25, 0.3) is 34.4 Å². The van der Waals surface area contributed by atoms with E-state index < -0.39 is 11.9 Å². The highest BCUT2D eigenvalue weighted by Gasteiger charge is 2.34. The summed E-state index contributed by atoms with van der Waals surface area (Å²) >= 11 is 5.84.